The number of nitrogens with two attached hydrogens (primary N) is 3. The predicted molar refractivity (Wildman–Crippen MR) is 566 cm³/mol. The summed E-state index contributed by atoms with van der Waals surface area (Å²) in [5, 5.41) is 30.7. The number of aromatic nitrogens is 2. The van der Waals surface area contributed by atoms with Crippen LogP contribution in [0.2, 0.25) is 0 Å². The number of carbonyl (C=O) groups is 15. The van der Waals surface area contributed by atoms with Crippen molar-refractivity contribution in [1.29, 1.82) is 0 Å². The molecule has 15 amide bonds. The number of pyridine rings is 1. The Bertz CT molecular complexity index is 5750. The molecule has 5 heterocycles. The Labute approximate surface area is 885 Å². The van der Waals surface area contributed by atoms with Crippen LogP contribution in [-0.4, -0.2) is 204 Å². The number of piperidine rings is 3. The number of Topliss-reactive ketones (excluding diaryl/α,β-unsaturated/α-hetero) is 3. The first-order valence-corrected chi connectivity index (χ1v) is 56.6. The monoisotopic (exact) mass is 2080 g/mol. The third kappa shape index (κ3) is 25.4. The second-order valence-corrected chi connectivity index (χ2v) is 50.6. The molecule has 14 aliphatic rings. The number of urea groups is 3. The minimum absolute atomic E-state index is 0.0321. The highest BCUT2D eigenvalue weighted by Crippen LogP contribution is 2.67. The lowest BCUT2D eigenvalue weighted by atomic mass is 9.77. The van der Waals surface area contributed by atoms with Crippen LogP contribution in [0, 0.1) is 86.8 Å². The van der Waals surface area contributed by atoms with Gasteiger partial charge in [0.2, 0.25) is 52.8 Å². The van der Waals surface area contributed by atoms with Crippen molar-refractivity contribution in [2.45, 2.75) is 365 Å². The number of carbonyl (C=O) groups excluding carboxylic acids is 15. The van der Waals surface area contributed by atoms with Crippen LogP contribution in [0.1, 0.15) is 288 Å². The first kappa shape index (κ1) is 109. The van der Waals surface area contributed by atoms with Gasteiger partial charge in [-0.05, 0) is 229 Å². The van der Waals surface area contributed by atoms with E-state index in [1.165, 1.54) is 0 Å². The average Bonchev–Trinajstić information content (AvgIpc) is 1.53. The normalized spacial score (nSPS) is 25.8. The Morgan fingerprint density at radius 1 is 0.413 bits per heavy atom. The van der Waals surface area contributed by atoms with Crippen LogP contribution in [0.25, 0.3) is 0 Å². The second kappa shape index (κ2) is 45.7. The fraction of sp³-hybridized carbons (Fsp3) is 0.647. The molecule has 3 saturated heterocycles. The van der Waals surface area contributed by atoms with Crippen LogP contribution in [0.3, 0.4) is 0 Å². The Morgan fingerprint density at radius 2 is 0.807 bits per heavy atom. The molecule has 2 aromatic heterocycles. The van der Waals surface area contributed by atoms with Gasteiger partial charge < -0.3 is 84.5 Å². The van der Waals surface area contributed by atoms with Gasteiger partial charge in [0, 0.05) is 66.6 Å². The molecule has 11 aliphatic carbocycles. The number of ether oxygens (including phenoxy) is 1. The van der Waals surface area contributed by atoms with E-state index in [9.17, 15) is 67.1 Å². The SMILES string of the molecule is CC(C)(C)[C@H](NC(=O)NC1(Cc2nccs2)CCCCC1)C(=O)N1C[C@H]2[C@@H]([C@H]1C(=O)NC(CC1CCC1)C(=O)C(N)=O)C2(C)C.CC1(C)[C@@H]2[C@@H](C(=O)NC(CC3CC3)C(=O)C(N)=O)N(C(=O)[C@@H](NC(=O)NC3(Cc4cccc(OCc5ccccc5)c4)CCCCC3)C3Cc4ccccc4C3)C[C@@H]21.CC1(C)[C@@H]2[C@@H](C(=O)NC(CC3CC3)C(=O)C(N)=O)N(C(=O)[C@@H](NC(=O)NC3(Cc4cccnc4)CCCCC3)C3CCCCC3)C[C@@H]21. The highest BCUT2D eigenvalue weighted by atomic mass is 32.1. The van der Waals surface area contributed by atoms with Crippen LogP contribution in [-0.2, 0) is 96.2 Å². The number of nitrogens with zero attached hydrogens (tertiary/aromatic N) is 5. The minimum Gasteiger partial charge on any atom is -0.489 e. The molecular weight excluding hydrogens is 1920 g/mol. The van der Waals surface area contributed by atoms with Gasteiger partial charge in [0.1, 0.15) is 48.6 Å². The van der Waals surface area contributed by atoms with Crippen molar-refractivity contribution in [2.24, 2.45) is 104 Å². The highest BCUT2D eigenvalue weighted by Gasteiger charge is 2.73. The molecule has 34 heteroatoms. The molecule has 15 atom stereocenters. The van der Waals surface area contributed by atoms with Crippen LogP contribution >= 0.6 is 11.3 Å². The first-order valence-electron chi connectivity index (χ1n) is 55.7. The fourth-order valence-electron chi connectivity index (χ4n) is 27.5. The summed E-state index contributed by atoms with van der Waals surface area (Å²) in [6.07, 6.45) is 35.4. The number of ketones is 3. The molecule has 3 unspecified atom stereocenters. The highest BCUT2D eigenvalue weighted by molar-refractivity contribution is 7.09. The maximum absolute atomic E-state index is 15.0. The minimum atomic E-state index is -1.08. The van der Waals surface area contributed by atoms with Gasteiger partial charge in [-0.2, -0.15) is 0 Å². The number of thiazole rings is 1. The number of nitrogens with one attached hydrogen (secondary N) is 9. The van der Waals surface area contributed by atoms with Crippen molar-refractivity contribution < 1.29 is 76.7 Å². The fourth-order valence-corrected chi connectivity index (χ4v) is 28.2. The number of benzene rings is 3. The number of fused-ring (bicyclic) bond motifs is 4. The average molecular weight is 2080 g/mol. The van der Waals surface area contributed by atoms with Gasteiger partial charge in [0.15, 0.2) is 0 Å². The lowest BCUT2D eigenvalue weighted by Crippen LogP contribution is -2.63. The number of rotatable bonds is 38. The Morgan fingerprint density at radius 3 is 1.21 bits per heavy atom. The molecule has 33 nitrogen and oxygen atoms in total. The summed E-state index contributed by atoms with van der Waals surface area (Å²) in [6, 6.07) is 21.0. The number of likely N-dealkylation sites (tertiary alicyclic amines) is 3. The molecule has 0 spiro atoms. The molecule has 0 radical (unpaired) electrons. The summed E-state index contributed by atoms with van der Waals surface area (Å²) >= 11 is 1.58. The zero-order chi connectivity index (χ0) is 107. The van der Waals surface area contributed by atoms with Gasteiger partial charge in [-0.1, -0.05) is 257 Å². The standard InChI is InChI=1S/C47H57N5O6.C36H52N6O5.C33H50N6O5S/c1-46(2)36-27-52(40(38(36)46)43(55)49-37(23-29-18-19-29)41(53)42(48)54)44(56)39(34-24-32-15-7-8-16-33(32)25-34)50-45(57)51-47(20-9-4-10-21-47)26-31-14-11-17-35(22-31)58-28-30-12-5-3-6-13-30;1-35(2)25-21-42(29(27(25)35)32(45)39-26(18-22-13-14-22)30(43)31(37)44)33(46)28(24-11-5-3-6-12-24)40-34(47)41-36(15-7-4-8-16-36)19-23-10-9-17-38-20-23;1-31(2,3)26(37-30(44)38-33(12-7-6-8-13-33)17-22-35-14-15-45-22)29(43)39-18-20-23(32(20,4)5)24(39)28(42)36-21(25(40)27(34)41)16-19-10-9-11-19/h3,5-8,11-17,22,29,34,36-40H,4,9-10,18-21,23-28H2,1-2H3,(H2,48,54)(H,49,55)(H2,50,51,57);9-10,17,20,22,24-29H,3-8,11-16,18-19,21H2,1-2H3,(H2,37,44)(H,39,45)(H2,40,41,47);14-15,19-21,23-24,26H,6-13,16-18H2,1-5H3,(H2,34,41)(H,36,42)(H2,37,38,44)/t36-,37?,38-,39-,40-;25-,26?,27-,28-,29-;20-,21?,23-,24-,26+/m000/s1. The zero-order valence-corrected chi connectivity index (χ0v) is 89.8. The van der Waals surface area contributed by atoms with Crippen molar-refractivity contribution in [3.8, 4) is 5.75 Å². The molecule has 3 aromatic carbocycles. The topological polar surface area (TPSA) is 487 Å². The van der Waals surface area contributed by atoms with Gasteiger partial charge in [-0.15, -0.1) is 11.3 Å². The van der Waals surface area contributed by atoms with E-state index < -0.39 is 141 Å². The predicted octanol–water partition coefficient (Wildman–Crippen LogP) is 12.1. The van der Waals surface area contributed by atoms with Crippen LogP contribution in [0.5, 0.6) is 5.75 Å². The molecule has 810 valence electrons. The Kier molecular flexibility index (Phi) is 33.3. The summed E-state index contributed by atoms with van der Waals surface area (Å²) in [4.78, 5) is 216. The molecule has 0 bridgehead atoms. The van der Waals surface area contributed by atoms with Crippen molar-refractivity contribution >= 4 is 99.9 Å². The third-order valence-corrected chi connectivity index (χ3v) is 37.7. The summed E-state index contributed by atoms with van der Waals surface area (Å²) in [5.41, 5.74) is 19.1. The Balaban J connectivity index is 0.000000155. The largest absolute Gasteiger partial charge is 0.489 e. The lowest BCUT2D eigenvalue weighted by molar-refractivity contribution is -0.145. The molecule has 5 aromatic rings. The summed E-state index contributed by atoms with van der Waals surface area (Å²) < 4.78 is 6.15. The van der Waals surface area contributed by atoms with Crippen LogP contribution in [0.4, 0.5) is 14.4 Å². The van der Waals surface area contributed by atoms with Gasteiger partial charge in [-0.25, -0.2) is 19.4 Å². The molecule has 3 aliphatic heterocycles. The quantitative estimate of drug-likeness (QED) is 0.0163. The van der Waals surface area contributed by atoms with Crippen molar-refractivity contribution in [1.82, 2.24) is 72.5 Å². The van der Waals surface area contributed by atoms with Crippen molar-refractivity contribution in [2.75, 3.05) is 19.6 Å². The summed E-state index contributed by atoms with van der Waals surface area (Å²) in [5.74, 6) is -6.41. The molecule has 150 heavy (non-hydrogen) atoms. The molecular formula is C116H159N17O16S. The molecule has 10 saturated carbocycles. The van der Waals surface area contributed by atoms with Gasteiger partial charge in [0.05, 0.1) is 23.1 Å². The van der Waals surface area contributed by atoms with E-state index in [0.29, 0.717) is 77.6 Å². The van der Waals surface area contributed by atoms with E-state index in [-0.39, 0.29) is 105 Å². The van der Waals surface area contributed by atoms with E-state index in [2.05, 4.69) is 124 Å². The number of hydrogen-bond acceptors (Lipinski definition) is 19. The van der Waals surface area contributed by atoms with E-state index >= 15 is 4.79 Å². The van der Waals surface area contributed by atoms with E-state index in [1.807, 2.05) is 99.1 Å². The molecule has 19 rings (SSSR count). The van der Waals surface area contributed by atoms with Crippen molar-refractivity contribution in [3.63, 3.8) is 0 Å². The summed E-state index contributed by atoms with van der Waals surface area (Å²) in [7, 11) is 0. The number of hydrogen-bond donors (Lipinski definition) is 12. The van der Waals surface area contributed by atoms with Crippen LogP contribution < -0.4 is 69.8 Å². The maximum Gasteiger partial charge on any atom is 0.315 e. The van der Waals surface area contributed by atoms with Gasteiger partial charge >= 0.3 is 18.1 Å². The number of primary amides is 3. The van der Waals surface area contributed by atoms with E-state index in [4.69, 9.17) is 21.9 Å². The van der Waals surface area contributed by atoms with E-state index in [0.717, 1.165) is 212 Å². The second-order valence-electron chi connectivity index (χ2n) is 49.6. The first-order chi connectivity index (χ1) is 71.5. The maximum atomic E-state index is 15.0. The smallest absolute Gasteiger partial charge is 0.315 e. The molecule has 13 fully saturated rings. The van der Waals surface area contributed by atoms with Gasteiger partial charge in [0.25, 0.3) is 17.7 Å². The Hall–Kier alpha value is -11.7. The van der Waals surface area contributed by atoms with Crippen LogP contribution in [0.15, 0.2) is 115 Å². The van der Waals surface area contributed by atoms with E-state index in [1.54, 1.807) is 38.4 Å². The summed E-state index contributed by atoms with van der Waals surface area (Å²) in [6.45, 7) is 19.9. The zero-order valence-electron chi connectivity index (χ0n) is 89.0. The van der Waals surface area contributed by atoms with Gasteiger partial charge in [-0.3, -0.25) is 62.5 Å². The lowest BCUT2D eigenvalue weighted by Gasteiger charge is -2.40. The third-order valence-electron chi connectivity index (χ3n) is 36.9. The molecule has 15 N–H and O–H groups in total. The van der Waals surface area contributed by atoms with Crippen molar-refractivity contribution in [3.05, 3.63) is 148 Å². The number of amides is 15.